The zero-order valence-electron chi connectivity index (χ0n) is 11.5. The molecule has 0 spiro atoms. The molecule has 1 unspecified atom stereocenters. The first-order chi connectivity index (χ1) is 9.67. The first kappa shape index (κ1) is 12.9. The number of esters is 1. The molecule has 0 aliphatic carbocycles. The van der Waals surface area contributed by atoms with Crippen LogP contribution in [0.25, 0.3) is 17.7 Å². The van der Waals surface area contributed by atoms with E-state index in [9.17, 15) is 4.79 Å². The minimum absolute atomic E-state index is 0.309. The fraction of sp³-hybridized carbons (Fsp3) is 0.312. The van der Waals surface area contributed by atoms with E-state index in [0.29, 0.717) is 12.2 Å². The van der Waals surface area contributed by atoms with Crippen LogP contribution in [0.15, 0.2) is 24.9 Å². The van der Waals surface area contributed by atoms with Gasteiger partial charge in [-0.1, -0.05) is 19.2 Å². The Bertz CT molecular complexity index is 636. The summed E-state index contributed by atoms with van der Waals surface area (Å²) in [5, 5.41) is 0. The number of hydrogen-bond donors (Lipinski definition) is 0. The second kappa shape index (κ2) is 4.80. The van der Waals surface area contributed by atoms with Crippen LogP contribution < -0.4 is 0 Å². The van der Waals surface area contributed by atoms with Crippen molar-refractivity contribution in [1.29, 1.82) is 0 Å². The van der Waals surface area contributed by atoms with Crippen LogP contribution in [-0.4, -0.2) is 23.4 Å². The molecule has 2 aliphatic heterocycles. The van der Waals surface area contributed by atoms with E-state index in [4.69, 9.17) is 9.47 Å². The fourth-order valence-corrected chi connectivity index (χ4v) is 2.92. The molecule has 0 saturated carbocycles. The largest absolute Gasteiger partial charge is 0.428 e. The summed E-state index contributed by atoms with van der Waals surface area (Å²) in [6, 6.07) is 0. The van der Waals surface area contributed by atoms with E-state index in [1.54, 1.807) is 12.2 Å². The van der Waals surface area contributed by atoms with Crippen LogP contribution in [0.4, 0.5) is 0 Å². The third-order valence-corrected chi connectivity index (χ3v) is 3.82. The van der Waals surface area contributed by atoms with E-state index < -0.39 is 6.29 Å². The highest BCUT2D eigenvalue weighted by molar-refractivity contribution is 6.20. The van der Waals surface area contributed by atoms with Crippen molar-refractivity contribution in [3.8, 4) is 0 Å². The highest BCUT2D eigenvalue weighted by Gasteiger charge is 2.38. The van der Waals surface area contributed by atoms with E-state index in [-0.39, 0.29) is 5.97 Å². The molecule has 1 aromatic heterocycles. The third-order valence-electron chi connectivity index (χ3n) is 3.82. The molecule has 3 rings (SSSR count). The number of fused-ring (bicyclic) bond motifs is 1. The molecule has 1 atom stereocenters. The lowest BCUT2D eigenvalue weighted by Crippen LogP contribution is -2.21. The summed E-state index contributed by atoms with van der Waals surface area (Å²) in [5.41, 5.74) is 4.29. The topological polar surface area (TPSA) is 40.5 Å². The first-order valence-electron chi connectivity index (χ1n) is 6.67. The van der Waals surface area contributed by atoms with Gasteiger partial charge in [-0.2, -0.15) is 0 Å². The Morgan fingerprint density at radius 1 is 1.40 bits per heavy atom. The number of carbonyl (C=O) groups excluding carboxylic acids is 1. The van der Waals surface area contributed by atoms with Crippen LogP contribution in [0.5, 0.6) is 0 Å². The molecular formula is C16H17NO3. The Kier molecular flexibility index (Phi) is 3.10. The number of ether oxygens (including phenoxy) is 2. The predicted octanol–water partition coefficient (Wildman–Crippen LogP) is 2.76. The van der Waals surface area contributed by atoms with Crippen molar-refractivity contribution >= 4 is 23.7 Å². The summed E-state index contributed by atoms with van der Waals surface area (Å²) in [5.74, 6) is -0.309. The van der Waals surface area contributed by atoms with Crippen LogP contribution in [0, 0.1) is 0 Å². The second-order valence-corrected chi connectivity index (χ2v) is 4.97. The lowest BCUT2D eigenvalue weighted by atomic mass is 9.95. The fourth-order valence-electron chi connectivity index (χ4n) is 2.92. The Hall–Kier alpha value is -2.07. The number of aromatic nitrogens is 1. The summed E-state index contributed by atoms with van der Waals surface area (Å²) >= 11 is 0. The Balaban J connectivity index is 2.19. The highest BCUT2D eigenvalue weighted by atomic mass is 16.7. The van der Waals surface area contributed by atoms with E-state index in [0.717, 1.165) is 35.2 Å². The zero-order chi connectivity index (χ0) is 14.3. The van der Waals surface area contributed by atoms with E-state index in [1.165, 1.54) is 0 Å². The van der Waals surface area contributed by atoms with Gasteiger partial charge in [0.25, 0.3) is 0 Å². The van der Waals surface area contributed by atoms with Crippen molar-refractivity contribution in [1.82, 2.24) is 4.57 Å². The van der Waals surface area contributed by atoms with Gasteiger partial charge < -0.3 is 14.0 Å². The molecule has 0 amide bonds. The molecule has 0 N–H and O–H groups in total. The average Bonchev–Trinajstić information content (AvgIpc) is 2.93. The maximum absolute atomic E-state index is 12.2. The second-order valence-electron chi connectivity index (χ2n) is 4.97. The zero-order valence-corrected chi connectivity index (χ0v) is 11.5. The minimum atomic E-state index is -0.503. The van der Waals surface area contributed by atoms with Crippen LogP contribution in [0.3, 0.4) is 0 Å². The molecule has 1 aromatic rings. The van der Waals surface area contributed by atoms with Crippen molar-refractivity contribution in [3.05, 3.63) is 41.7 Å². The number of hydrogen-bond acceptors (Lipinski definition) is 3. The lowest BCUT2D eigenvalue weighted by Gasteiger charge is -2.19. The Morgan fingerprint density at radius 3 is 2.90 bits per heavy atom. The maximum atomic E-state index is 12.2. The molecule has 3 heterocycles. The van der Waals surface area contributed by atoms with Crippen LogP contribution in [0.1, 0.15) is 29.7 Å². The van der Waals surface area contributed by atoms with Gasteiger partial charge in [0.05, 0.1) is 12.2 Å². The van der Waals surface area contributed by atoms with Gasteiger partial charge >= 0.3 is 5.97 Å². The number of aryl methyl sites for hydroxylation is 1. The molecule has 104 valence electrons. The molecule has 0 aromatic carbocycles. The van der Waals surface area contributed by atoms with Gasteiger partial charge in [0.1, 0.15) is 0 Å². The van der Waals surface area contributed by atoms with Gasteiger partial charge in [0, 0.05) is 35.6 Å². The first-order valence-corrected chi connectivity index (χ1v) is 6.67. The SMILES string of the molecule is C=Cc1c(C2=C3CCCOC3OC2=O)cn(C)c1C=C. The van der Waals surface area contributed by atoms with Crippen molar-refractivity contribution in [2.45, 2.75) is 19.1 Å². The summed E-state index contributed by atoms with van der Waals surface area (Å²) in [7, 11) is 1.92. The normalized spacial score (nSPS) is 21.6. The van der Waals surface area contributed by atoms with Crippen LogP contribution in [0.2, 0.25) is 0 Å². The highest BCUT2D eigenvalue weighted by Crippen LogP contribution is 2.39. The van der Waals surface area contributed by atoms with Crippen molar-refractivity contribution in [2.75, 3.05) is 6.61 Å². The molecule has 4 nitrogen and oxygen atoms in total. The molecule has 20 heavy (non-hydrogen) atoms. The molecule has 4 heteroatoms. The van der Waals surface area contributed by atoms with Crippen molar-refractivity contribution in [3.63, 3.8) is 0 Å². The van der Waals surface area contributed by atoms with Gasteiger partial charge in [-0.15, -0.1) is 0 Å². The lowest BCUT2D eigenvalue weighted by molar-refractivity contribution is -0.161. The predicted molar refractivity (Wildman–Crippen MR) is 77.6 cm³/mol. The van der Waals surface area contributed by atoms with Crippen molar-refractivity contribution < 1.29 is 14.3 Å². The monoisotopic (exact) mass is 271 g/mol. The number of rotatable bonds is 3. The molecule has 0 bridgehead atoms. The third kappa shape index (κ3) is 1.76. The van der Waals surface area contributed by atoms with Gasteiger partial charge in [0.2, 0.25) is 6.29 Å². The molecule has 1 saturated heterocycles. The standard InChI is InChI=1S/C16H17NO3/c1-4-10-12(9-17(3)13(10)5-2)14-11-7-6-8-19-16(11)20-15(14)18/h4-5,9,16H,1-2,6-8H2,3H3. The van der Waals surface area contributed by atoms with Gasteiger partial charge in [-0.3, -0.25) is 0 Å². The Morgan fingerprint density at radius 2 is 2.20 bits per heavy atom. The van der Waals surface area contributed by atoms with Crippen LogP contribution >= 0.6 is 0 Å². The van der Waals surface area contributed by atoms with Gasteiger partial charge in [0.15, 0.2) is 0 Å². The van der Waals surface area contributed by atoms with E-state index >= 15 is 0 Å². The molecule has 1 fully saturated rings. The van der Waals surface area contributed by atoms with Gasteiger partial charge in [-0.05, 0) is 18.9 Å². The molecular weight excluding hydrogens is 254 g/mol. The Labute approximate surface area is 118 Å². The summed E-state index contributed by atoms with van der Waals surface area (Å²) in [4.78, 5) is 12.2. The number of nitrogens with zero attached hydrogens (tertiary/aromatic N) is 1. The molecule has 2 aliphatic rings. The van der Waals surface area contributed by atoms with E-state index in [1.807, 2.05) is 17.8 Å². The van der Waals surface area contributed by atoms with Gasteiger partial charge in [-0.25, -0.2) is 4.79 Å². The van der Waals surface area contributed by atoms with Crippen molar-refractivity contribution in [2.24, 2.45) is 7.05 Å². The maximum Gasteiger partial charge on any atom is 0.341 e. The summed E-state index contributed by atoms with van der Waals surface area (Å²) < 4.78 is 12.8. The smallest absolute Gasteiger partial charge is 0.341 e. The number of carbonyl (C=O) groups is 1. The van der Waals surface area contributed by atoms with Crippen LogP contribution in [-0.2, 0) is 21.3 Å². The summed E-state index contributed by atoms with van der Waals surface area (Å²) in [6.45, 7) is 8.30. The van der Waals surface area contributed by atoms with E-state index in [2.05, 4.69) is 13.2 Å². The molecule has 0 radical (unpaired) electrons. The average molecular weight is 271 g/mol. The quantitative estimate of drug-likeness (QED) is 0.794. The summed E-state index contributed by atoms with van der Waals surface area (Å²) in [6.07, 6.45) is 6.69. The minimum Gasteiger partial charge on any atom is -0.428 e.